The number of hydrogen-bond acceptors (Lipinski definition) is 4. The van der Waals surface area contributed by atoms with E-state index in [1.54, 1.807) is 24.3 Å². The molecular weight excluding hydrogens is 292 g/mol. The van der Waals surface area contributed by atoms with Crippen LogP contribution in [0.15, 0.2) is 24.3 Å². The van der Waals surface area contributed by atoms with Gasteiger partial charge in [0.05, 0.1) is 0 Å². The van der Waals surface area contributed by atoms with Gasteiger partial charge in [-0.15, -0.1) is 0 Å². The Morgan fingerprint density at radius 3 is 2.65 bits per heavy atom. The first-order valence-electron chi connectivity index (χ1n) is 8.42. The first-order chi connectivity index (χ1) is 10.9. The van der Waals surface area contributed by atoms with E-state index in [2.05, 4.69) is 25.7 Å². The van der Waals surface area contributed by atoms with Gasteiger partial charge in [0.25, 0.3) is 0 Å². The first kappa shape index (κ1) is 17.8. The summed E-state index contributed by atoms with van der Waals surface area (Å²) >= 11 is 0. The molecule has 0 aliphatic carbocycles. The largest absolute Gasteiger partial charge is 0.508 e. The molecule has 2 N–H and O–H groups in total. The van der Waals surface area contributed by atoms with E-state index in [9.17, 15) is 15.0 Å². The number of benzene rings is 1. The van der Waals surface area contributed by atoms with Gasteiger partial charge in [-0.25, -0.2) is 0 Å². The minimum atomic E-state index is -0.859. The number of carboxylic acids is 1. The Morgan fingerprint density at radius 1 is 1.35 bits per heavy atom. The lowest BCUT2D eigenvalue weighted by atomic mass is 10.0. The lowest BCUT2D eigenvalue weighted by Crippen LogP contribution is -2.55. The standard InChI is InChI=1S/C18H28N2O3/c1-4-15-12-20(9-8-19(15)11-13(2)3)17(18(22)23)14-6-5-7-16(21)10-14/h5-7,10,13,15,17,21H,4,8-9,11-12H2,1-3H3,(H,22,23). The molecule has 0 aromatic heterocycles. The van der Waals surface area contributed by atoms with Crippen molar-refractivity contribution in [1.82, 2.24) is 9.80 Å². The number of phenols is 1. The zero-order chi connectivity index (χ0) is 17.0. The predicted octanol–water partition coefficient (Wildman–Crippen LogP) is 2.57. The molecule has 1 aromatic carbocycles. The summed E-state index contributed by atoms with van der Waals surface area (Å²) in [6.45, 7) is 10.0. The van der Waals surface area contributed by atoms with Crippen LogP contribution in [0.1, 0.15) is 38.8 Å². The van der Waals surface area contributed by atoms with Gasteiger partial charge in [0.2, 0.25) is 0 Å². The van der Waals surface area contributed by atoms with Crippen molar-refractivity contribution in [2.24, 2.45) is 5.92 Å². The number of carboxylic acid groups (broad SMARTS) is 1. The van der Waals surface area contributed by atoms with Crippen LogP contribution in [0.4, 0.5) is 0 Å². The van der Waals surface area contributed by atoms with Crippen molar-refractivity contribution in [2.75, 3.05) is 26.2 Å². The monoisotopic (exact) mass is 320 g/mol. The number of piperazine rings is 1. The van der Waals surface area contributed by atoms with Crippen molar-refractivity contribution in [2.45, 2.75) is 39.3 Å². The van der Waals surface area contributed by atoms with Crippen LogP contribution in [-0.4, -0.2) is 58.2 Å². The molecule has 23 heavy (non-hydrogen) atoms. The van der Waals surface area contributed by atoms with E-state index in [0.717, 1.165) is 32.6 Å². The van der Waals surface area contributed by atoms with Crippen molar-refractivity contribution >= 4 is 5.97 Å². The Kier molecular flexibility index (Phi) is 6.02. The Morgan fingerprint density at radius 2 is 2.09 bits per heavy atom. The van der Waals surface area contributed by atoms with E-state index in [1.807, 2.05) is 4.90 Å². The molecule has 0 bridgehead atoms. The second-order valence-corrected chi connectivity index (χ2v) is 6.78. The molecule has 0 amide bonds. The number of phenolic OH excluding ortho intramolecular Hbond substituents is 1. The summed E-state index contributed by atoms with van der Waals surface area (Å²) < 4.78 is 0. The molecule has 1 aliphatic rings. The third kappa shape index (κ3) is 4.45. The number of hydrogen-bond donors (Lipinski definition) is 2. The molecule has 1 aliphatic heterocycles. The van der Waals surface area contributed by atoms with Crippen LogP contribution in [0.2, 0.25) is 0 Å². The molecule has 5 nitrogen and oxygen atoms in total. The van der Waals surface area contributed by atoms with Crippen molar-refractivity contribution < 1.29 is 15.0 Å². The summed E-state index contributed by atoms with van der Waals surface area (Å²) in [7, 11) is 0. The average molecular weight is 320 g/mol. The second kappa shape index (κ2) is 7.79. The highest BCUT2D eigenvalue weighted by Gasteiger charge is 2.34. The third-order valence-corrected chi connectivity index (χ3v) is 4.49. The minimum Gasteiger partial charge on any atom is -0.508 e. The van der Waals surface area contributed by atoms with Crippen molar-refractivity contribution in [3.05, 3.63) is 29.8 Å². The molecule has 5 heteroatoms. The SMILES string of the molecule is CCC1CN(C(C(=O)O)c2cccc(O)c2)CCN1CC(C)C. The van der Waals surface area contributed by atoms with Crippen LogP contribution in [0, 0.1) is 5.92 Å². The average Bonchev–Trinajstić information content (AvgIpc) is 2.48. The Balaban J connectivity index is 2.17. The summed E-state index contributed by atoms with van der Waals surface area (Å²) in [5.74, 6) is -0.140. The van der Waals surface area contributed by atoms with Gasteiger partial charge in [-0.1, -0.05) is 32.9 Å². The zero-order valence-electron chi connectivity index (χ0n) is 14.3. The topological polar surface area (TPSA) is 64.0 Å². The minimum absolute atomic E-state index is 0.110. The van der Waals surface area contributed by atoms with Gasteiger partial charge in [-0.05, 0) is 30.0 Å². The van der Waals surface area contributed by atoms with Crippen molar-refractivity contribution in [3.8, 4) is 5.75 Å². The summed E-state index contributed by atoms with van der Waals surface area (Å²) in [6, 6.07) is 6.29. The maximum atomic E-state index is 11.8. The summed E-state index contributed by atoms with van der Waals surface area (Å²) in [5, 5.41) is 19.4. The van der Waals surface area contributed by atoms with Gasteiger partial charge >= 0.3 is 5.97 Å². The van der Waals surface area contributed by atoms with Crippen LogP contribution >= 0.6 is 0 Å². The highest BCUT2D eigenvalue weighted by molar-refractivity contribution is 5.75. The van der Waals surface area contributed by atoms with E-state index < -0.39 is 12.0 Å². The second-order valence-electron chi connectivity index (χ2n) is 6.78. The van der Waals surface area contributed by atoms with E-state index in [0.29, 0.717) is 17.5 Å². The fraction of sp³-hybridized carbons (Fsp3) is 0.611. The van der Waals surface area contributed by atoms with Crippen LogP contribution in [-0.2, 0) is 4.79 Å². The maximum Gasteiger partial charge on any atom is 0.325 e. The van der Waals surface area contributed by atoms with Crippen molar-refractivity contribution in [3.63, 3.8) is 0 Å². The van der Waals surface area contributed by atoms with E-state index in [1.165, 1.54) is 0 Å². The molecule has 1 aromatic rings. The van der Waals surface area contributed by atoms with Gasteiger partial charge in [0.15, 0.2) is 0 Å². The molecule has 2 unspecified atom stereocenters. The Labute approximate surface area is 138 Å². The first-order valence-corrected chi connectivity index (χ1v) is 8.42. The number of carbonyl (C=O) groups is 1. The Bertz CT molecular complexity index is 533. The summed E-state index contributed by atoms with van der Waals surface area (Å²) in [5.41, 5.74) is 0.643. The van der Waals surface area contributed by atoms with Crippen LogP contribution in [0.3, 0.4) is 0 Å². The van der Waals surface area contributed by atoms with E-state index >= 15 is 0 Å². The van der Waals surface area contributed by atoms with Gasteiger partial charge in [-0.3, -0.25) is 14.6 Å². The third-order valence-electron chi connectivity index (χ3n) is 4.49. The van der Waals surface area contributed by atoms with E-state index in [-0.39, 0.29) is 5.75 Å². The van der Waals surface area contributed by atoms with Crippen LogP contribution in [0.5, 0.6) is 5.75 Å². The summed E-state index contributed by atoms with van der Waals surface area (Å²) in [4.78, 5) is 16.3. The molecule has 128 valence electrons. The lowest BCUT2D eigenvalue weighted by Gasteiger charge is -2.44. The highest BCUT2D eigenvalue weighted by atomic mass is 16.4. The van der Waals surface area contributed by atoms with Gasteiger partial charge in [-0.2, -0.15) is 0 Å². The molecule has 0 radical (unpaired) electrons. The molecule has 1 fully saturated rings. The molecule has 1 heterocycles. The number of nitrogens with zero attached hydrogens (tertiary/aromatic N) is 2. The number of rotatable bonds is 6. The molecule has 0 spiro atoms. The maximum absolute atomic E-state index is 11.8. The van der Waals surface area contributed by atoms with Crippen LogP contribution < -0.4 is 0 Å². The van der Waals surface area contributed by atoms with Gasteiger partial charge in [0, 0.05) is 32.2 Å². The fourth-order valence-corrected chi connectivity index (χ4v) is 3.45. The smallest absolute Gasteiger partial charge is 0.325 e. The molecule has 0 saturated carbocycles. The predicted molar refractivity (Wildman–Crippen MR) is 90.5 cm³/mol. The molecule has 2 rings (SSSR count). The zero-order valence-corrected chi connectivity index (χ0v) is 14.3. The van der Waals surface area contributed by atoms with Crippen LogP contribution in [0.25, 0.3) is 0 Å². The number of aromatic hydroxyl groups is 1. The normalized spacial score (nSPS) is 21.5. The quantitative estimate of drug-likeness (QED) is 0.843. The summed E-state index contributed by atoms with van der Waals surface area (Å²) in [6.07, 6.45) is 1.01. The molecule has 1 saturated heterocycles. The van der Waals surface area contributed by atoms with Gasteiger partial charge < -0.3 is 10.2 Å². The fourth-order valence-electron chi connectivity index (χ4n) is 3.45. The number of aliphatic carboxylic acids is 1. The lowest BCUT2D eigenvalue weighted by molar-refractivity contribution is -0.145. The molecule has 2 atom stereocenters. The van der Waals surface area contributed by atoms with Gasteiger partial charge in [0.1, 0.15) is 11.8 Å². The van der Waals surface area contributed by atoms with Crippen molar-refractivity contribution in [1.29, 1.82) is 0 Å². The molecular formula is C18H28N2O3. The Hall–Kier alpha value is -1.59. The van der Waals surface area contributed by atoms with E-state index in [4.69, 9.17) is 0 Å². The highest BCUT2D eigenvalue weighted by Crippen LogP contribution is 2.27.